The van der Waals surface area contributed by atoms with Gasteiger partial charge in [-0.25, -0.2) is 9.97 Å². The normalized spacial score (nSPS) is 27.4. The second-order valence-corrected chi connectivity index (χ2v) is 20.4. The van der Waals surface area contributed by atoms with Gasteiger partial charge in [-0.1, -0.05) is 97.0 Å². The lowest BCUT2D eigenvalue weighted by atomic mass is 9.71. The summed E-state index contributed by atoms with van der Waals surface area (Å²) in [4.78, 5) is 44.7. The van der Waals surface area contributed by atoms with Crippen molar-refractivity contribution in [1.29, 1.82) is 0 Å². The summed E-state index contributed by atoms with van der Waals surface area (Å²) in [5.74, 6) is 0.840. The molecule has 4 bridgehead atoms. The zero-order valence-corrected chi connectivity index (χ0v) is 37.4. The Morgan fingerprint density at radius 3 is 1.44 bits per heavy atom. The first kappa shape index (κ1) is 44.2. The summed E-state index contributed by atoms with van der Waals surface area (Å²) in [6, 6.07) is 15.7. The Bertz CT molecular complexity index is 2170. The Kier molecular flexibility index (Phi) is 12.3. The van der Waals surface area contributed by atoms with Crippen LogP contribution in [0, 0.1) is 22.7 Å². The maximum atomic E-state index is 14.3. The molecule has 2 aromatic heterocycles. The number of fused-ring (bicyclic) bond motifs is 6. The van der Waals surface area contributed by atoms with Crippen molar-refractivity contribution in [3.63, 3.8) is 0 Å². The van der Waals surface area contributed by atoms with Gasteiger partial charge in [-0.05, 0) is 103 Å². The Labute approximate surface area is 365 Å². The molecule has 2 aromatic carbocycles. The SMILES string of the molecule is CCC(O)OCC1(C(=O)N[C@H](c2ncc(-c3ccc(-c4ccc(-c5cnc([C@@H](NC(=O)C6(CO)OC7CCC6CC7)C(C)(C)C)[nH]5)cc4)cc3)[nH]2)C(C)(C)C)OC2CCC1CC2. The second-order valence-electron chi connectivity index (χ2n) is 20.4. The molecule has 6 heterocycles. The largest absolute Gasteiger partial charge is 0.393 e. The number of amides is 2. The number of ether oxygens (including phenoxy) is 3. The van der Waals surface area contributed by atoms with Gasteiger partial charge in [0.1, 0.15) is 11.6 Å². The molecule has 2 saturated carbocycles. The van der Waals surface area contributed by atoms with E-state index in [0.29, 0.717) is 18.1 Å². The fraction of sp³-hybridized carbons (Fsp3) is 0.592. The lowest BCUT2D eigenvalue weighted by molar-refractivity contribution is -0.237. The predicted molar refractivity (Wildman–Crippen MR) is 236 cm³/mol. The van der Waals surface area contributed by atoms with Crippen LogP contribution in [0.2, 0.25) is 0 Å². The van der Waals surface area contributed by atoms with Crippen molar-refractivity contribution >= 4 is 11.8 Å². The topological polar surface area (TPSA) is 184 Å². The highest BCUT2D eigenvalue weighted by atomic mass is 16.6. The maximum Gasteiger partial charge on any atom is 0.255 e. The molecule has 13 nitrogen and oxygen atoms in total. The number of carbonyl (C=O) groups excluding carboxylic acids is 2. The van der Waals surface area contributed by atoms with Gasteiger partial charge >= 0.3 is 0 Å². The van der Waals surface area contributed by atoms with Crippen LogP contribution in [-0.2, 0) is 23.8 Å². The van der Waals surface area contributed by atoms with Gasteiger partial charge in [-0.3, -0.25) is 9.59 Å². The van der Waals surface area contributed by atoms with Crippen LogP contribution in [0.1, 0.15) is 130 Å². The van der Waals surface area contributed by atoms with Gasteiger partial charge in [0.15, 0.2) is 17.5 Å². The van der Waals surface area contributed by atoms with E-state index >= 15 is 0 Å². The summed E-state index contributed by atoms with van der Waals surface area (Å²) in [5, 5.41) is 27.2. The van der Waals surface area contributed by atoms with E-state index < -0.39 is 29.6 Å². The first-order valence-corrected chi connectivity index (χ1v) is 22.7. The molecule has 4 aliphatic heterocycles. The molecule has 4 saturated heterocycles. The van der Waals surface area contributed by atoms with E-state index in [4.69, 9.17) is 24.2 Å². The minimum absolute atomic E-state index is 0.00455. The molecule has 2 aliphatic carbocycles. The number of nitrogens with zero attached hydrogens (tertiary/aromatic N) is 2. The number of aromatic amines is 2. The number of nitrogens with one attached hydrogen (secondary N) is 4. The van der Waals surface area contributed by atoms with Crippen LogP contribution in [0.5, 0.6) is 0 Å². The molecule has 0 radical (unpaired) electrons. The van der Waals surface area contributed by atoms with E-state index in [1.165, 1.54) is 0 Å². The van der Waals surface area contributed by atoms with E-state index in [1.807, 2.05) is 13.1 Å². The van der Waals surface area contributed by atoms with Crippen LogP contribution in [0.15, 0.2) is 60.9 Å². The Morgan fingerprint density at radius 1 is 0.694 bits per heavy atom. The van der Waals surface area contributed by atoms with Gasteiger partial charge in [0.25, 0.3) is 11.8 Å². The molecule has 334 valence electrons. The summed E-state index contributed by atoms with van der Waals surface area (Å²) < 4.78 is 18.5. The van der Waals surface area contributed by atoms with Crippen molar-refractivity contribution in [3.8, 4) is 33.6 Å². The van der Waals surface area contributed by atoms with Crippen LogP contribution < -0.4 is 10.6 Å². The van der Waals surface area contributed by atoms with Gasteiger partial charge in [0.05, 0.1) is 61.3 Å². The van der Waals surface area contributed by atoms with Crippen LogP contribution in [-0.4, -0.2) is 84.9 Å². The lowest BCUT2D eigenvalue weighted by Crippen LogP contribution is -2.64. The number of aliphatic hydroxyl groups is 2. The Morgan fingerprint density at radius 2 is 1.08 bits per heavy atom. The minimum atomic E-state index is -1.21. The van der Waals surface area contributed by atoms with Crippen molar-refractivity contribution < 1.29 is 34.0 Å². The third-order valence-corrected chi connectivity index (χ3v) is 14.0. The number of hydrogen-bond acceptors (Lipinski definition) is 9. The van der Waals surface area contributed by atoms with Crippen molar-refractivity contribution in [2.45, 2.75) is 148 Å². The highest BCUT2D eigenvalue weighted by molar-refractivity contribution is 5.87. The quantitative estimate of drug-likeness (QED) is 0.0686. The molecular formula is C49H66N6O7. The number of benzene rings is 2. The number of imidazole rings is 2. The number of aliphatic hydroxyl groups excluding tert-OH is 2. The molecule has 4 aromatic rings. The maximum absolute atomic E-state index is 14.3. The molecule has 2 amide bonds. The molecule has 6 fully saturated rings. The molecule has 3 unspecified atom stereocenters. The van der Waals surface area contributed by atoms with Gasteiger partial charge in [0, 0.05) is 0 Å². The summed E-state index contributed by atoms with van der Waals surface area (Å²) >= 11 is 0. The average molecular weight is 851 g/mol. The summed E-state index contributed by atoms with van der Waals surface area (Å²) in [6.45, 7) is 14.0. The van der Waals surface area contributed by atoms with Gasteiger partial charge in [0.2, 0.25) is 0 Å². The fourth-order valence-corrected chi connectivity index (χ4v) is 10.2. The average Bonchev–Trinajstić information content (AvgIpc) is 3.97. The molecule has 0 spiro atoms. The monoisotopic (exact) mass is 850 g/mol. The van der Waals surface area contributed by atoms with E-state index in [-0.39, 0.29) is 59.9 Å². The van der Waals surface area contributed by atoms with Gasteiger partial charge in [-0.2, -0.15) is 0 Å². The predicted octanol–water partition coefficient (Wildman–Crippen LogP) is 7.93. The third kappa shape index (κ3) is 8.63. The third-order valence-electron chi connectivity index (χ3n) is 14.0. The standard InChI is InChI=1S/C49H66N6O7/c1-8-39(57)60-28-49(34-19-23-36(62-49)24-20-34)45(59)55-41(47(5,6)7)43-51-26-38(53-43)32-15-11-30(12-16-32)29-9-13-31(14-10-29)37-25-50-42(52-37)40(46(2,3)4)54-44(58)48(27-56)33-17-21-35(61-48)22-18-33/h9-16,25-26,33-36,39-41,56-57H,8,17-24,27-28H2,1-7H3,(H,50,52)(H,51,53)(H,54,58)(H,55,59)/t33?,34?,35?,36?,39?,40-,41-,48?,49?/m1/s1. The van der Waals surface area contributed by atoms with Crippen molar-refractivity contribution in [2.75, 3.05) is 13.2 Å². The fourth-order valence-electron chi connectivity index (χ4n) is 10.2. The van der Waals surface area contributed by atoms with Crippen LogP contribution in [0.3, 0.4) is 0 Å². The van der Waals surface area contributed by atoms with E-state index in [1.54, 1.807) is 6.20 Å². The van der Waals surface area contributed by atoms with E-state index in [9.17, 15) is 19.8 Å². The smallest absolute Gasteiger partial charge is 0.255 e. The molecule has 6 aliphatic rings. The van der Waals surface area contributed by atoms with Crippen LogP contribution in [0.25, 0.3) is 33.6 Å². The minimum Gasteiger partial charge on any atom is -0.393 e. The number of aromatic nitrogens is 4. The number of rotatable bonds is 14. The number of hydrogen-bond donors (Lipinski definition) is 6. The van der Waals surface area contributed by atoms with Crippen LogP contribution in [0.4, 0.5) is 0 Å². The Balaban J connectivity index is 0.944. The number of carbonyl (C=O) groups is 2. The highest BCUT2D eigenvalue weighted by Crippen LogP contribution is 2.47. The van der Waals surface area contributed by atoms with Crippen molar-refractivity contribution in [1.82, 2.24) is 30.6 Å². The van der Waals surface area contributed by atoms with Gasteiger partial charge < -0.3 is 45.0 Å². The van der Waals surface area contributed by atoms with Crippen molar-refractivity contribution in [3.05, 3.63) is 72.6 Å². The first-order chi connectivity index (χ1) is 29.5. The summed E-state index contributed by atoms with van der Waals surface area (Å²) in [7, 11) is 0. The van der Waals surface area contributed by atoms with Gasteiger partial charge in [-0.15, -0.1) is 0 Å². The molecule has 6 N–H and O–H groups in total. The molecule has 5 atom stereocenters. The summed E-state index contributed by atoms with van der Waals surface area (Å²) in [6.07, 6.45) is 10.4. The molecular weight excluding hydrogens is 785 g/mol. The lowest BCUT2D eigenvalue weighted by Gasteiger charge is -2.50. The van der Waals surface area contributed by atoms with Crippen LogP contribution >= 0.6 is 0 Å². The first-order valence-electron chi connectivity index (χ1n) is 22.7. The second kappa shape index (κ2) is 17.3. The Hall–Kier alpha value is -4.40. The van der Waals surface area contributed by atoms with E-state index in [0.717, 1.165) is 85.0 Å². The van der Waals surface area contributed by atoms with E-state index in [2.05, 4.69) is 111 Å². The zero-order chi connectivity index (χ0) is 44.0. The number of H-pyrrole nitrogens is 2. The highest BCUT2D eigenvalue weighted by Gasteiger charge is 2.56. The summed E-state index contributed by atoms with van der Waals surface area (Å²) in [5.41, 5.74) is 2.60. The molecule has 13 heteroatoms. The molecule has 62 heavy (non-hydrogen) atoms. The zero-order valence-electron chi connectivity index (χ0n) is 37.4. The van der Waals surface area contributed by atoms with Crippen molar-refractivity contribution in [2.24, 2.45) is 22.7 Å². The molecule has 10 rings (SSSR count).